The van der Waals surface area contributed by atoms with Crippen LogP contribution in [0.1, 0.15) is 23.1 Å². The van der Waals surface area contributed by atoms with Crippen molar-refractivity contribution in [2.24, 2.45) is 0 Å². The molecule has 1 atom stereocenters. The summed E-state index contributed by atoms with van der Waals surface area (Å²) in [6, 6.07) is 11.6. The predicted octanol–water partition coefficient (Wildman–Crippen LogP) is 1.90. The lowest BCUT2D eigenvalue weighted by Crippen LogP contribution is -2.33. The Morgan fingerprint density at radius 1 is 1.20 bits per heavy atom. The first-order valence-corrected chi connectivity index (χ1v) is 8.95. The van der Waals surface area contributed by atoms with E-state index in [9.17, 15) is 5.11 Å². The Morgan fingerprint density at radius 2 is 2.00 bits per heavy atom. The Hall–Kier alpha value is -2.45. The Kier molecular flexibility index (Phi) is 4.14. The van der Waals surface area contributed by atoms with E-state index in [2.05, 4.69) is 19.4 Å². The van der Waals surface area contributed by atoms with Gasteiger partial charge < -0.3 is 14.9 Å². The van der Waals surface area contributed by atoms with Crippen molar-refractivity contribution in [1.82, 2.24) is 19.1 Å². The van der Waals surface area contributed by atoms with Crippen LogP contribution in [0.5, 0.6) is 0 Å². The predicted molar refractivity (Wildman–Crippen MR) is 98.0 cm³/mol. The van der Waals surface area contributed by atoms with Crippen LogP contribution in [-0.4, -0.2) is 44.9 Å². The van der Waals surface area contributed by atoms with Gasteiger partial charge in [-0.15, -0.1) is 0 Å². The summed E-state index contributed by atoms with van der Waals surface area (Å²) in [5.74, 6) is 0.735. The number of aliphatic hydroxyl groups is 1. The first kappa shape index (κ1) is 16.0. The number of fused-ring (bicyclic) bond motifs is 1. The largest absolute Gasteiger partial charge is 0.382 e. The molecule has 25 heavy (non-hydrogen) atoms. The first-order valence-electron chi connectivity index (χ1n) is 8.17. The molecule has 0 aliphatic carbocycles. The van der Waals surface area contributed by atoms with Gasteiger partial charge in [0, 0.05) is 32.2 Å². The maximum Gasteiger partial charge on any atom is 0.238 e. The summed E-state index contributed by atoms with van der Waals surface area (Å²) >= 11 is 1.41. The van der Waals surface area contributed by atoms with Gasteiger partial charge in [-0.3, -0.25) is 4.68 Å². The van der Waals surface area contributed by atoms with Crippen LogP contribution in [0.25, 0.3) is 0 Å². The van der Waals surface area contributed by atoms with Gasteiger partial charge in [-0.05, 0) is 11.6 Å². The average Bonchev–Trinajstić information content (AvgIpc) is 3.28. The fourth-order valence-corrected chi connectivity index (χ4v) is 3.67. The van der Waals surface area contributed by atoms with Gasteiger partial charge in [0.15, 0.2) is 0 Å². The topological polar surface area (TPSA) is 70.3 Å². The molecule has 2 aromatic heterocycles. The smallest absolute Gasteiger partial charge is 0.238 e. The molecule has 3 heterocycles. The zero-order valence-corrected chi connectivity index (χ0v) is 15.0. The molecular weight excluding hydrogens is 336 g/mol. The lowest BCUT2D eigenvalue weighted by molar-refractivity contribution is 0.214. The molecule has 0 bridgehead atoms. The zero-order valence-electron chi connectivity index (χ0n) is 14.2. The fraction of sp³-hybridized carbons (Fsp3) is 0.353. The normalized spacial score (nSPS) is 15.1. The number of aliphatic hydroxyl groups excluding tert-OH is 1. The maximum absolute atomic E-state index is 10.6. The Morgan fingerprint density at radius 3 is 2.72 bits per heavy atom. The summed E-state index contributed by atoms with van der Waals surface area (Å²) < 4.78 is 6.35. The van der Waals surface area contributed by atoms with E-state index >= 15 is 0 Å². The number of nitrogens with zero attached hydrogens (tertiary/aromatic N) is 6. The van der Waals surface area contributed by atoms with Crippen LogP contribution in [-0.2, 0) is 13.1 Å². The van der Waals surface area contributed by atoms with Crippen molar-refractivity contribution in [2.75, 3.05) is 30.4 Å². The molecule has 0 fully saturated rings. The van der Waals surface area contributed by atoms with Crippen LogP contribution >= 0.6 is 11.5 Å². The Labute approximate surface area is 150 Å². The monoisotopic (exact) mass is 356 g/mol. The maximum atomic E-state index is 10.6. The minimum atomic E-state index is -0.699. The SMILES string of the molecule is CN(C)c1nsc(N2CCn3nc([C@@H](O)c4ccccc4)cc3C2)n1. The van der Waals surface area contributed by atoms with Crippen molar-refractivity contribution in [3.8, 4) is 0 Å². The van der Waals surface area contributed by atoms with Crippen LogP contribution in [0.4, 0.5) is 11.1 Å². The van der Waals surface area contributed by atoms with Crippen LogP contribution in [0.3, 0.4) is 0 Å². The van der Waals surface area contributed by atoms with Gasteiger partial charge in [0.2, 0.25) is 11.1 Å². The van der Waals surface area contributed by atoms with Crippen LogP contribution < -0.4 is 9.80 Å². The van der Waals surface area contributed by atoms with E-state index in [1.165, 1.54) is 11.5 Å². The second-order valence-corrected chi connectivity index (χ2v) is 7.02. The lowest BCUT2D eigenvalue weighted by Gasteiger charge is -2.26. The third kappa shape index (κ3) is 3.10. The van der Waals surface area contributed by atoms with Crippen LogP contribution in [0.2, 0.25) is 0 Å². The third-order valence-electron chi connectivity index (χ3n) is 4.29. The van der Waals surface area contributed by atoms with Crippen LogP contribution in [0, 0.1) is 0 Å². The van der Waals surface area contributed by atoms with Crippen molar-refractivity contribution in [3.63, 3.8) is 0 Å². The highest BCUT2D eigenvalue weighted by atomic mass is 32.1. The molecule has 130 valence electrons. The van der Waals surface area contributed by atoms with Gasteiger partial charge >= 0.3 is 0 Å². The molecule has 3 aromatic rings. The number of benzene rings is 1. The quantitative estimate of drug-likeness (QED) is 0.770. The lowest BCUT2D eigenvalue weighted by atomic mass is 10.1. The van der Waals surface area contributed by atoms with Gasteiger partial charge in [-0.2, -0.15) is 14.5 Å². The van der Waals surface area contributed by atoms with Crippen molar-refractivity contribution in [3.05, 3.63) is 53.3 Å². The second kappa shape index (κ2) is 6.45. The minimum Gasteiger partial charge on any atom is -0.382 e. The molecule has 1 aromatic carbocycles. The van der Waals surface area contributed by atoms with E-state index in [0.29, 0.717) is 5.69 Å². The van der Waals surface area contributed by atoms with Crippen LogP contribution in [0.15, 0.2) is 36.4 Å². The molecule has 0 saturated heterocycles. The zero-order chi connectivity index (χ0) is 17.4. The molecule has 1 aliphatic heterocycles. The van der Waals surface area contributed by atoms with Crippen molar-refractivity contribution in [1.29, 1.82) is 0 Å². The number of anilines is 2. The van der Waals surface area contributed by atoms with Gasteiger partial charge in [0.25, 0.3) is 0 Å². The minimum absolute atomic E-state index is 0.689. The summed E-state index contributed by atoms with van der Waals surface area (Å²) in [7, 11) is 3.88. The molecule has 8 heteroatoms. The number of hydrogen-bond donors (Lipinski definition) is 1. The van der Waals surface area contributed by atoms with Gasteiger partial charge in [-0.25, -0.2) is 0 Å². The first-order chi connectivity index (χ1) is 12.1. The van der Waals surface area contributed by atoms with Gasteiger partial charge in [0.05, 0.1) is 24.5 Å². The molecule has 0 saturated carbocycles. The Balaban J connectivity index is 1.54. The Bertz CT molecular complexity index is 859. The molecule has 0 unspecified atom stereocenters. The van der Waals surface area contributed by atoms with E-state index in [1.807, 2.05) is 60.1 Å². The van der Waals surface area contributed by atoms with Gasteiger partial charge in [0.1, 0.15) is 6.10 Å². The number of hydrogen-bond acceptors (Lipinski definition) is 7. The van der Waals surface area contributed by atoms with Crippen molar-refractivity contribution in [2.45, 2.75) is 19.2 Å². The summed E-state index contributed by atoms with van der Waals surface area (Å²) in [5.41, 5.74) is 2.63. The fourth-order valence-electron chi connectivity index (χ4n) is 2.91. The van der Waals surface area contributed by atoms with E-state index < -0.39 is 6.10 Å². The summed E-state index contributed by atoms with van der Waals surface area (Å²) in [6.07, 6.45) is -0.699. The molecule has 0 spiro atoms. The van der Waals surface area contributed by atoms with E-state index in [0.717, 1.165) is 42.0 Å². The third-order valence-corrected chi connectivity index (χ3v) is 5.05. The molecular formula is C17H20N6OS. The molecule has 0 radical (unpaired) electrons. The summed E-state index contributed by atoms with van der Waals surface area (Å²) in [4.78, 5) is 8.69. The second-order valence-electron chi connectivity index (χ2n) is 6.29. The molecule has 7 nitrogen and oxygen atoms in total. The van der Waals surface area contributed by atoms with E-state index in [1.54, 1.807) is 0 Å². The molecule has 4 rings (SSSR count). The average molecular weight is 356 g/mol. The highest BCUT2D eigenvalue weighted by Crippen LogP contribution is 2.27. The van der Waals surface area contributed by atoms with E-state index in [-0.39, 0.29) is 0 Å². The van der Waals surface area contributed by atoms with E-state index in [4.69, 9.17) is 0 Å². The highest BCUT2D eigenvalue weighted by molar-refractivity contribution is 7.09. The number of aromatic nitrogens is 4. The van der Waals surface area contributed by atoms with Crippen molar-refractivity contribution >= 4 is 22.6 Å². The molecule has 1 N–H and O–H groups in total. The molecule has 1 aliphatic rings. The standard InChI is InChI=1S/C17H20N6OS/c1-21(2)16-18-17(25-20-16)22-8-9-23-13(11-22)10-14(19-23)15(24)12-6-4-3-5-7-12/h3-7,10,15,24H,8-9,11H2,1-2H3/t15-/m0/s1. The summed E-state index contributed by atoms with van der Waals surface area (Å²) in [6.45, 7) is 2.32. The van der Waals surface area contributed by atoms with Gasteiger partial charge in [-0.1, -0.05) is 30.3 Å². The molecule has 0 amide bonds. The number of rotatable bonds is 4. The highest BCUT2D eigenvalue weighted by Gasteiger charge is 2.24. The van der Waals surface area contributed by atoms with Crippen molar-refractivity contribution < 1.29 is 5.11 Å². The summed E-state index contributed by atoms with van der Waals surface area (Å²) in [5, 5.41) is 16.1.